The largest absolute Gasteiger partial charge is 0.396 e. The average molecular weight is 201 g/mol. The van der Waals surface area contributed by atoms with Crippen molar-refractivity contribution < 1.29 is 14.6 Å². The fraction of sp³-hybridized carbons (Fsp3) is 0.900. The molecule has 1 fully saturated rings. The van der Waals surface area contributed by atoms with Gasteiger partial charge in [0.1, 0.15) is 0 Å². The van der Waals surface area contributed by atoms with Crippen molar-refractivity contribution in [2.75, 3.05) is 19.8 Å². The lowest BCUT2D eigenvalue weighted by Crippen LogP contribution is -2.40. The fourth-order valence-electron chi connectivity index (χ4n) is 1.57. The number of nitrogens with one attached hydrogen (secondary N) is 1. The molecule has 1 heterocycles. The summed E-state index contributed by atoms with van der Waals surface area (Å²) in [7, 11) is 0. The van der Waals surface area contributed by atoms with E-state index in [1.807, 2.05) is 6.92 Å². The van der Waals surface area contributed by atoms with Crippen LogP contribution in [0.3, 0.4) is 0 Å². The van der Waals surface area contributed by atoms with Crippen molar-refractivity contribution in [2.24, 2.45) is 5.92 Å². The molecule has 0 bridgehead atoms. The van der Waals surface area contributed by atoms with E-state index in [2.05, 4.69) is 5.32 Å². The van der Waals surface area contributed by atoms with Gasteiger partial charge in [-0.05, 0) is 26.2 Å². The lowest BCUT2D eigenvalue weighted by molar-refractivity contribution is -0.129. The highest BCUT2D eigenvalue weighted by molar-refractivity contribution is 5.79. The lowest BCUT2D eigenvalue weighted by Gasteiger charge is -2.23. The maximum absolute atomic E-state index is 11.6. The van der Waals surface area contributed by atoms with Crippen LogP contribution in [0.1, 0.15) is 26.2 Å². The summed E-state index contributed by atoms with van der Waals surface area (Å²) in [5, 5.41) is 11.6. The second kappa shape index (κ2) is 5.98. The number of rotatable bonds is 4. The topological polar surface area (TPSA) is 58.6 Å². The summed E-state index contributed by atoms with van der Waals surface area (Å²) in [6.45, 7) is 3.33. The van der Waals surface area contributed by atoms with E-state index in [-0.39, 0.29) is 24.5 Å². The van der Waals surface area contributed by atoms with Crippen molar-refractivity contribution in [1.82, 2.24) is 5.32 Å². The standard InChI is InChI=1S/C10H19NO3/c1-8(4-5-12)11-10(13)9-3-2-6-14-7-9/h8-9,12H,2-7H2,1H3,(H,11,13). The molecule has 14 heavy (non-hydrogen) atoms. The third-order valence-electron chi connectivity index (χ3n) is 2.48. The normalized spacial score (nSPS) is 24.3. The summed E-state index contributed by atoms with van der Waals surface area (Å²) in [6.07, 6.45) is 2.49. The number of ether oxygens (including phenoxy) is 1. The molecule has 82 valence electrons. The third kappa shape index (κ3) is 3.64. The van der Waals surface area contributed by atoms with Gasteiger partial charge in [0.2, 0.25) is 5.91 Å². The van der Waals surface area contributed by atoms with Crippen LogP contribution in [-0.4, -0.2) is 36.9 Å². The Hall–Kier alpha value is -0.610. The van der Waals surface area contributed by atoms with E-state index in [4.69, 9.17) is 9.84 Å². The Morgan fingerprint density at radius 1 is 1.71 bits per heavy atom. The van der Waals surface area contributed by atoms with Gasteiger partial charge < -0.3 is 15.2 Å². The van der Waals surface area contributed by atoms with Crippen molar-refractivity contribution in [3.63, 3.8) is 0 Å². The van der Waals surface area contributed by atoms with Gasteiger partial charge in [0.25, 0.3) is 0 Å². The van der Waals surface area contributed by atoms with Crippen LogP contribution in [-0.2, 0) is 9.53 Å². The van der Waals surface area contributed by atoms with Crippen LogP contribution in [0.5, 0.6) is 0 Å². The molecule has 4 heteroatoms. The van der Waals surface area contributed by atoms with Gasteiger partial charge in [-0.15, -0.1) is 0 Å². The maximum Gasteiger partial charge on any atom is 0.225 e. The van der Waals surface area contributed by atoms with Crippen LogP contribution in [0.15, 0.2) is 0 Å². The maximum atomic E-state index is 11.6. The van der Waals surface area contributed by atoms with E-state index in [0.717, 1.165) is 19.4 Å². The molecule has 2 N–H and O–H groups in total. The number of hydrogen-bond donors (Lipinski definition) is 2. The minimum Gasteiger partial charge on any atom is -0.396 e. The molecular formula is C10H19NO3. The first kappa shape index (κ1) is 11.5. The third-order valence-corrected chi connectivity index (χ3v) is 2.48. The highest BCUT2D eigenvalue weighted by Gasteiger charge is 2.22. The van der Waals surface area contributed by atoms with E-state index in [1.54, 1.807) is 0 Å². The Labute approximate surface area is 84.6 Å². The zero-order valence-corrected chi connectivity index (χ0v) is 8.66. The van der Waals surface area contributed by atoms with Gasteiger partial charge in [0.05, 0.1) is 12.5 Å². The second-order valence-corrected chi connectivity index (χ2v) is 3.84. The van der Waals surface area contributed by atoms with Crippen LogP contribution >= 0.6 is 0 Å². The number of amides is 1. The predicted octanol–water partition coefficient (Wildman–Crippen LogP) is 0.300. The van der Waals surface area contributed by atoms with Crippen LogP contribution in [0.25, 0.3) is 0 Å². The number of carbonyl (C=O) groups excluding carboxylic acids is 1. The molecule has 0 aliphatic carbocycles. The Bertz CT molecular complexity index is 178. The molecule has 2 unspecified atom stereocenters. The molecule has 2 atom stereocenters. The quantitative estimate of drug-likeness (QED) is 0.687. The zero-order chi connectivity index (χ0) is 10.4. The van der Waals surface area contributed by atoms with Crippen molar-refractivity contribution >= 4 is 5.91 Å². The first-order valence-corrected chi connectivity index (χ1v) is 5.23. The summed E-state index contributed by atoms with van der Waals surface area (Å²) in [4.78, 5) is 11.6. The van der Waals surface area contributed by atoms with Crippen molar-refractivity contribution in [2.45, 2.75) is 32.2 Å². The van der Waals surface area contributed by atoms with Gasteiger partial charge in [0.15, 0.2) is 0 Å². The van der Waals surface area contributed by atoms with Crippen molar-refractivity contribution in [3.05, 3.63) is 0 Å². The Balaban J connectivity index is 2.25. The van der Waals surface area contributed by atoms with Crippen molar-refractivity contribution in [3.8, 4) is 0 Å². The van der Waals surface area contributed by atoms with Gasteiger partial charge in [-0.3, -0.25) is 4.79 Å². The zero-order valence-electron chi connectivity index (χ0n) is 8.66. The van der Waals surface area contributed by atoms with Crippen LogP contribution in [0, 0.1) is 5.92 Å². The minimum absolute atomic E-state index is 0.00453. The molecule has 1 rings (SSSR count). The number of hydrogen-bond acceptors (Lipinski definition) is 3. The summed E-state index contributed by atoms with van der Waals surface area (Å²) in [6, 6.07) is 0.0504. The summed E-state index contributed by atoms with van der Waals surface area (Å²) in [5.41, 5.74) is 0. The SMILES string of the molecule is CC(CCO)NC(=O)C1CCCOC1. The predicted molar refractivity (Wildman–Crippen MR) is 52.9 cm³/mol. The number of aliphatic hydroxyl groups excluding tert-OH is 1. The van der Waals surface area contributed by atoms with E-state index in [9.17, 15) is 4.79 Å². The molecule has 1 aliphatic heterocycles. The molecule has 0 radical (unpaired) electrons. The Kier molecular flexibility index (Phi) is 4.90. The van der Waals surface area contributed by atoms with Crippen LogP contribution in [0.2, 0.25) is 0 Å². The first-order chi connectivity index (χ1) is 6.74. The van der Waals surface area contributed by atoms with E-state index in [1.165, 1.54) is 0 Å². The first-order valence-electron chi connectivity index (χ1n) is 5.23. The molecule has 0 aromatic carbocycles. The molecule has 1 amide bonds. The molecule has 0 saturated carbocycles. The Morgan fingerprint density at radius 2 is 2.50 bits per heavy atom. The summed E-state index contributed by atoms with van der Waals surface area (Å²) >= 11 is 0. The summed E-state index contributed by atoms with van der Waals surface area (Å²) in [5.74, 6) is 0.0653. The number of carbonyl (C=O) groups is 1. The minimum atomic E-state index is 0.00453. The van der Waals surface area contributed by atoms with Crippen LogP contribution < -0.4 is 5.32 Å². The van der Waals surface area contributed by atoms with Gasteiger partial charge in [0, 0.05) is 19.3 Å². The monoisotopic (exact) mass is 201 g/mol. The molecule has 0 aromatic rings. The molecule has 0 aromatic heterocycles. The van der Waals surface area contributed by atoms with Crippen LogP contribution in [0.4, 0.5) is 0 Å². The molecule has 0 spiro atoms. The van der Waals surface area contributed by atoms with Crippen molar-refractivity contribution in [1.29, 1.82) is 0 Å². The average Bonchev–Trinajstić information content (AvgIpc) is 2.19. The van der Waals surface area contributed by atoms with E-state index in [0.29, 0.717) is 13.0 Å². The van der Waals surface area contributed by atoms with E-state index < -0.39 is 0 Å². The van der Waals surface area contributed by atoms with Gasteiger partial charge in [-0.25, -0.2) is 0 Å². The van der Waals surface area contributed by atoms with Gasteiger partial charge >= 0.3 is 0 Å². The molecule has 1 saturated heterocycles. The second-order valence-electron chi connectivity index (χ2n) is 3.84. The van der Waals surface area contributed by atoms with Gasteiger partial charge in [-0.1, -0.05) is 0 Å². The highest BCUT2D eigenvalue weighted by atomic mass is 16.5. The van der Waals surface area contributed by atoms with Gasteiger partial charge in [-0.2, -0.15) is 0 Å². The summed E-state index contributed by atoms with van der Waals surface area (Å²) < 4.78 is 5.23. The fourth-order valence-corrected chi connectivity index (χ4v) is 1.57. The molecular weight excluding hydrogens is 182 g/mol. The lowest BCUT2D eigenvalue weighted by atomic mass is 10.0. The number of aliphatic hydroxyl groups is 1. The molecule has 1 aliphatic rings. The highest BCUT2D eigenvalue weighted by Crippen LogP contribution is 2.13. The molecule has 4 nitrogen and oxygen atoms in total. The Morgan fingerprint density at radius 3 is 3.07 bits per heavy atom. The smallest absolute Gasteiger partial charge is 0.225 e. The van der Waals surface area contributed by atoms with E-state index >= 15 is 0 Å².